The number of halogens is 2. The predicted octanol–water partition coefficient (Wildman–Crippen LogP) is 0.183. The highest BCUT2D eigenvalue weighted by atomic mass is 19.3. The van der Waals surface area contributed by atoms with Gasteiger partial charge in [-0.05, 0) is 6.92 Å². The Morgan fingerprint density at radius 2 is 2.12 bits per heavy atom. The smallest absolute Gasteiger partial charge is 0.251 e. The first kappa shape index (κ1) is 13.0. The van der Waals surface area contributed by atoms with Crippen LogP contribution in [0.5, 0.6) is 0 Å². The van der Waals surface area contributed by atoms with Crippen LogP contribution in [0.4, 0.5) is 8.78 Å². The van der Waals surface area contributed by atoms with Gasteiger partial charge in [0.25, 0.3) is 6.43 Å². The van der Waals surface area contributed by atoms with Crippen molar-refractivity contribution in [3.8, 4) is 0 Å². The summed E-state index contributed by atoms with van der Waals surface area (Å²) >= 11 is 0. The maximum Gasteiger partial charge on any atom is 0.251 e. The highest BCUT2D eigenvalue weighted by Crippen LogP contribution is 2.05. The lowest BCUT2D eigenvalue weighted by atomic mass is 10.4. The van der Waals surface area contributed by atoms with Gasteiger partial charge in [0.1, 0.15) is 11.6 Å². The van der Waals surface area contributed by atoms with Crippen molar-refractivity contribution in [3.05, 3.63) is 11.6 Å². The summed E-state index contributed by atoms with van der Waals surface area (Å²) < 4.78 is 26.2. The Morgan fingerprint density at radius 3 is 2.56 bits per heavy atom. The van der Waals surface area contributed by atoms with Crippen molar-refractivity contribution in [1.82, 2.24) is 19.7 Å². The SMILES string of the molecule is Cc1nnc(CN(CCO)CC(F)F)n1C. The van der Waals surface area contributed by atoms with Crippen LogP contribution in [0, 0.1) is 6.92 Å². The molecule has 0 saturated carbocycles. The number of aryl methyl sites for hydroxylation is 1. The van der Waals surface area contributed by atoms with E-state index in [2.05, 4.69) is 10.2 Å². The average Bonchev–Trinajstić information content (AvgIpc) is 2.49. The predicted molar refractivity (Wildman–Crippen MR) is 54.1 cm³/mol. The van der Waals surface area contributed by atoms with Crippen LogP contribution in [0.25, 0.3) is 0 Å². The van der Waals surface area contributed by atoms with Gasteiger partial charge in [-0.1, -0.05) is 0 Å². The maximum absolute atomic E-state index is 12.3. The average molecular weight is 234 g/mol. The van der Waals surface area contributed by atoms with Crippen molar-refractivity contribution in [3.63, 3.8) is 0 Å². The zero-order valence-corrected chi connectivity index (χ0v) is 9.40. The molecule has 0 saturated heterocycles. The lowest BCUT2D eigenvalue weighted by Gasteiger charge is -2.19. The van der Waals surface area contributed by atoms with E-state index >= 15 is 0 Å². The minimum Gasteiger partial charge on any atom is -0.395 e. The summed E-state index contributed by atoms with van der Waals surface area (Å²) in [5, 5.41) is 16.5. The molecule has 0 aliphatic rings. The lowest BCUT2D eigenvalue weighted by molar-refractivity contribution is 0.0728. The molecule has 0 bridgehead atoms. The summed E-state index contributed by atoms with van der Waals surface area (Å²) in [6.45, 7) is 1.74. The first-order valence-corrected chi connectivity index (χ1v) is 5.00. The summed E-state index contributed by atoms with van der Waals surface area (Å²) in [7, 11) is 1.78. The summed E-state index contributed by atoms with van der Waals surface area (Å²) in [5.74, 6) is 1.35. The molecule has 1 aromatic heterocycles. The van der Waals surface area contributed by atoms with Gasteiger partial charge in [0.2, 0.25) is 0 Å². The van der Waals surface area contributed by atoms with Crippen LogP contribution in [0.15, 0.2) is 0 Å². The summed E-state index contributed by atoms with van der Waals surface area (Å²) in [4.78, 5) is 1.45. The molecule has 0 atom stereocenters. The molecule has 1 rings (SSSR count). The molecule has 0 amide bonds. The van der Waals surface area contributed by atoms with Crippen molar-refractivity contribution in [1.29, 1.82) is 0 Å². The van der Waals surface area contributed by atoms with E-state index in [1.54, 1.807) is 18.5 Å². The fourth-order valence-corrected chi connectivity index (χ4v) is 1.36. The number of alkyl halides is 2. The highest BCUT2D eigenvalue weighted by Gasteiger charge is 2.15. The van der Waals surface area contributed by atoms with E-state index in [-0.39, 0.29) is 26.2 Å². The van der Waals surface area contributed by atoms with E-state index < -0.39 is 6.43 Å². The van der Waals surface area contributed by atoms with Crippen molar-refractivity contribution in [2.75, 3.05) is 19.7 Å². The van der Waals surface area contributed by atoms with E-state index in [0.717, 1.165) is 5.82 Å². The fourth-order valence-electron chi connectivity index (χ4n) is 1.36. The van der Waals surface area contributed by atoms with Gasteiger partial charge in [-0.25, -0.2) is 8.78 Å². The Balaban J connectivity index is 2.63. The molecule has 0 aliphatic carbocycles. The number of aliphatic hydroxyl groups excluding tert-OH is 1. The van der Waals surface area contributed by atoms with Crippen molar-refractivity contribution in [2.24, 2.45) is 7.05 Å². The minimum absolute atomic E-state index is 0.149. The van der Waals surface area contributed by atoms with Gasteiger partial charge in [0.05, 0.1) is 19.7 Å². The summed E-state index contributed by atoms with van der Waals surface area (Å²) in [6.07, 6.45) is -2.42. The Morgan fingerprint density at radius 1 is 1.44 bits per heavy atom. The molecule has 7 heteroatoms. The number of rotatable bonds is 6. The van der Waals surface area contributed by atoms with Crippen molar-refractivity contribution >= 4 is 0 Å². The van der Waals surface area contributed by atoms with E-state index in [4.69, 9.17) is 5.11 Å². The van der Waals surface area contributed by atoms with Crippen LogP contribution in [0.2, 0.25) is 0 Å². The Bertz CT molecular complexity index is 329. The normalized spacial score (nSPS) is 11.7. The number of aliphatic hydroxyl groups is 1. The van der Waals surface area contributed by atoms with Gasteiger partial charge in [-0.3, -0.25) is 4.90 Å². The summed E-state index contributed by atoms with van der Waals surface area (Å²) in [5.41, 5.74) is 0. The number of aromatic nitrogens is 3. The van der Waals surface area contributed by atoms with Crippen LogP contribution >= 0.6 is 0 Å². The van der Waals surface area contributed by atoms with Crippen LogP contribution in [-0.2, 0) is 13.6 Å². The molecule has 16 heavy (non-hydrogen) atoms. The van der Waals surface area contributed by atoms with Crippen LogP contribution in [0.3, 0.4) is 0 Å². The van der Waals surface area contributed by atoms with Gasteiger partial charge in [0, 0.05) is 13.6 Å². The van der Waals surface area contributed by atoms with Gasteiger partial charge in [-0.15, -0.1) is 10.2 Å². The molecule has 0 spiro atoms. The topological polar surface area (TPSA) is 54.2 Å². The first-order valence-electron chi connectivity index (χ1n) is 5.00. The first-order chi connectivity index (χ1) is 7.54. The van der Waals surface area contributed by atoms with Crippen LogP contribution < -0.4 is 0 Å². The molecule has 1 N–H and O–H groups in total. The van der Waals surface area contributed by atoms with Crippen molar-refractivity contribution in [2.45, 2.75) is 19.9 Å². The third kappa shape index (κ3) is 3.49. The number of nitrogens with zero attached hydrogens (tertiary/aromatic N) is 4. The lowest BCUT2D eigenvalue weighted by Crippen LogP contribution is -2.32. The fraction of sp³-hybridized carbons (Fsp3) is 0.778. The van der Waals surface area contributed by atoms with E-state index in [1.807, 2.05) is 0 Å². The van der Waals surface area contributed by atoms with Gasteiger partial charge in [-0.2, -0.15) is 0 Å². The molecule has 1 aromatic rings. The Labute approximate surface area is 92.7 Å². The third-order valence-electron chi connectivity index (χ3n) is 2.36. The van der Waals surface area contributed by atoms with E-state index in [1.165, 1.54) is 4.90 Å². The number of hydrogen-bond acceptors (Lipinski definition) is 4. The van der Waals surface area contributed by atoms with E-state index in [9.17, 15) is 8.78 Å². The minimum atomic E-state index is -2.42. The second-order valence-electron chi connectivity index (χ2n) is 3.57. The van der Waals surface area contributed by atoms with Gasteiger partial charge < -0.3 is 9.67 Å². The molecule has 0 aromatic carbocycles. The Kier molecular flexibility index (Phi) is 4.75. The standard InChI is InChI=1S/C9H16F2N4O/c1-7-12-13-9(14(7)2)6-15(3-4-16)5-8(10)11/h8,16H,3-6H2,1-2H3. The van der Waals surface area contributed by atoms with Gasteiger partial charge in [0.15, 0.2) is 0 Å². The van der Waals surface area contributed by atoms with Crippen LogP contribution in [-0.4, -0.2) is 50.9 Å². The second-order valence-corrected chi connectivity index (χ2v) is 3.57. The molecule has 0 unspecified atom stereocenters. The number of hydrogen-bond donors (Lipinski definition) is 1. The molecular formula is C9H16F2N4O. The summed E-state index contributed by atoms with van der Waals surface area (Å²) in [6, 6.07) is 0. The highest BCUT2D eigenvalue weighted by molar-refractivity contribution is 4.92. The third-order valence-corrected chi connectivity index (χ3v) is 2.36. The maximum atomic E-state index is 12.3. The zero-order chi connectivity index (χ0) is 12.1. The Hall–Kier alpha value is -1.08. The molecule has 0 radical (unpaired) electrons. The molecule has 5 nitrogen and oxygen atoms in total. The molecule has 92 valence electrons. The van der Waals surface area contributed by atoms with Crippen LogP contribution in [0.1, 0.15) is 11.6 Å². The van der Waals surface area contributed by atoms with E-state index in [0.29, 0.717) is 5.82 Å². The largest absolute Gasteiger partial charge is 0.395 e. The molecule has 1 heterocycles. The van der Waals surface area contributed by atoms with Crippen molar-refractivity contribution < 1.29 is 13.9 Å². The zero-order valence-electron chi connectivity index (χ0n) is 9.40. The molecule has 0 fully saturated rings. The second kappa shape index (κ2) is 5.86. The molecule has 0 aliphatic heterocycles. The quantitative estimate of drug-likeness (QED) is 0.763. The monoisotopic (exact) mass is 234 g/mol. The molecular weight excluding hydrogens is 218 g/mol. The van der Waals surface area contributed by atoms with Gasteiger partial charge >= 0.3 is 0 Å².